The van der Waals surface area contributed by atoms with Crippen LogP contribution in [0.3, 0.4) is 0 Å². The zero-order valence-electron chi connectivity index (χ0n) is 10.2. The third-order valence-corrected chi connectivity index (χ3v) is 2.81. The summed E-state index contributed by atoms with van der Waals surface area (Å²) in [5, 5.41) is 9.69. The second kappa shape index (κ2) is 5.06. The van der Waals surface area contributed by atoms with Crippen molar-refractivity contribution in [3.8, 4) is 5.75 Å². The first kappa shape index (κ1) is 11.9. The molecule has 1 aromatic carbocycles. The number of unbranched alkanes of at least 4 members (excludes halogenated alkanes) is 1. The minimum Gasteiger partial charge on any atom is -0.508 e. The Morgan fingerprint density at radius 2 is 1.93 bits per heavy atom. The van der Waals surface area contributed by atoms with Crippen molar-refractivity contribution in [2.75, 3.05) is 19.0 Å². The number of hydrogen-bond donors (Lipinski definition) is 1. The Kier molecular flexibility index (Phi) is 4.01. The number of nitrogens with zero attached hydrogens (tertiary/aromatic N) is 1. The molecule has 2 nitrogen and oxygen atoms in total. The van der Waals surface area contributed by atoms with E-state index in [4.69, 9.17) is 0 Å². The molecule has 84 valence electrons. The van der Waals surface area contributed by atoms with E-state index in [1.807, 2.05) is 27.1 Å². The number of phenols is 1. The highest BCUT2D eigenvalue weighted by Gasteiger charge is 2.10. The third-order valence-electron chi connectivity index (χ3n) is 2.81. The molecule has 0 saturated carbocycles. The molecule has 15 heavy (non-hydrogen) atoms. The van der Waals surface area contributed by atoms with E-state index >= 15 is 0 Å². The fourth-order valence-corrected chi connectivity index (χ4v) is 1.82. The van der Waals surface area contributed by atoms with Gasteiger partial charge in [0.15, 0.2) is 0 Å². The Bertz CT molecular complexity index is 332. The number of anilines is 1. The van der Waals surface area contributed by atoms with Crippen molar-refractivity contribution in [1.82, 2.24) is 0 Å². The summed E-state index contributed by atoms with van der Waals surface area (Å²) in [5.41, 5.74) is 3.52. The lowest BCUT2D eigenvalue weighted by Crippen LogP contribution is -2.12. The van der Waals surface area contributed by atoms with Crippen molar-refractivity contribution >= 4 is 5.69 Å². The van der Waals surface area contributed by atoms with Crippen LogP contribution in [0, 0.1) is 6.92 Å². The van der Waals surface area contributed by atoms with Crippen LogP contribution in [-0.4, -0.2) is 19.2 Å². The standard InChI is InChI=1S/C13H21NO/c1-5-6-7-11-10(2)13(15)9-8-12(11)14(3)4/h8-9,15H,5-7H2,1-4H3. The molecule has 1 N–H and O–H groups in total. The highest BCUT2D eigenvalue weighted by molar-refractivity contribution is 5.59. The lowest BCUT2D eigenvalue weighted by molar-refractivity contribution is 0.470. The number of hydrogen-bond acceptors (Lipinski definition) is 2. The van der Waals surface area contributed by atoms with E-state index in [1.54, 1.807) is 6.07 Å². The predicted molar refractivity (Wildman–Crippen MR) is 65.8 cm³/mol. The fraction of sp³-hybridized carbons (Fsp3) is 0.538. The van der Waals surface area contributed by atoms with E-state index < -0.39 is 0 Å². The van der Waals surface area contributed by atoms with E-state index in [0.29, 0.717) is 5.75 Å². The van der Waals surface area contributed by atoms with Gasteiger partial charge < -0.3 is 10.0 Å². The summed E-state index contributed by atoms with van der Waals surface area (Å²) in [7, 11) is 4.09. The van der Waals surface area contributed by atoms with Crippen LogP contribution in [-0.2, 0) is 6.42 Å². The van der Waals surface area contributed by atoms with Gasteiger partial charge in [-0.15, -0.1) is 0 Å². The smallest absolute Gasteiger partial charge is 0.118 e. The summed E-state index contributed by atoms with van der Waals surface area (Å²) in [6, 6.07) is 3.77. The molecule has 2 heteroatoms. The summed E-state index contributed by atoms with van der Waals surface area (Å²) in [5.74, 6) is 0.409. The van der Waals surface area contributed by atoms with Gasteiger partial charge in [0.25, 0.3) is 0 Å². The van der Waals surface area contributed by atoms with Crippen molar-refractivity contribution in [1.29, 1.82) is 0 Å². The summed E-state index contributed by atoms with van der Waals surface area (Å²) >= 11 is 0. The fourth-order valence-electron chi connectivity index (χ4n) is 1.82. The van der Waals surface area contributed by atoms with Crippen LogP contribution in [0.25, 0.3) is 0 Å². The van der Waals surface area contributed by atoms with Gasteiger partial charge in [-0.1, -0.05) is 13.3 Å². The molecule has 0 radical (unpaired) electrons. The highest BCUT2D eigenvalue weighted by atomic mass is 16.3. The van der Waals surface area contributed by atoms with Crippen LogP contribution < -0.4 is 4.90 Å². The third kappa shape index (κ3) is 2.65. The van der Waals surface area contributed by atoms with E-state index in [2.05, 4.69) is 11.8 Å². The summed E-state index contributed by atoms with van der Waals surface area (Å²) in [4.78, 5) is 2.11. The number of rotatable bonds is 4. The van der Waals surface area contributed by atoms with Crippen LogP contribution in [0.1, 0.15) is 30.9 Å². The lowest BCUT2D eigenvalue weighted by atomic mass is 9.99. The Labute approximate surface area is 92.5 Å². The van der Waals surface area contributed by atoms with Gasteiger partial charge in [-0.25, -0.2) is 0 Å². The van der Waals surface area contributed by atoms with Crippen LogP contribution >= 0.6 is 0 Å². The molecule has 1 aromatic rings. The average Bonchev–Trinajstić information content (AvgIpc) is 2.19. The normalized spacial score (nSPS) is 10.4. The van der Waals surface area contributed by atoms with Crippen molar-refractivity contribution in [3.63, 3.8) is 0 Å². The maximum atomic E-state index is 9.69. The molecule has 0 unspecified atom stereocenters. The van der Waals surface area contributed by atoms with E-state index in [-0.39, 0.29) is 0 Å². The molecule has 0 heterocycles. The van der Waals surface area contributed by atoms with Gasteiger partial charge in [0.2, 0.25) is 0 Å². The first-order valence-corrected chi connectivity index (χ1v) is 5.56. The molecule has 0 fully saturated rings. The molecule has 0 amide bonds. The second-order valence-electron chi connectivity index (χ2n) is 4.21. The van der Waals surface area contributed by atoms with Crippen LogP contribution in [0.2, 0.25) is 0 Å². The maximum absolute atomic E-state index is 9.69. The van der Waals surface area contributed by atoms with Gasteiger partial charge in [-0.3, -0.25) is 0 Å². The first-order valence-electron chi connectivity index (χ1n) is 5.56. The van der Waals surface area contributed by atoms with Gasteiger partial charge in [0.05, 0.1) is 0 Å². The topological polar surface area (TPSA) is 23.5 Å². The average molecular weight is 207 g/mol. The molecule has 0 saturated heterocycles. The lowest BCUT2D eigenvalue weighted by Gasteiger charge is -2.20. The molecule has 1 rings (SSSR count). The summed E-state index contributed by atoms with van der Waals surface area (Å²) < 4.78 is 0. The van der Waals surface area contributed by atoms with Crippen molar-refractivity contribution in [2.45, 2.75) is 33.1 Å². The summed E-state index contributed by atoms with van der Waals surface area (Å²) in [6.45, 7) is 4.18. The Morgan fingerprint density at radius 1 is 1.27 bits per heavy atom. The molecule has 0 aliphatic rings. The zero-order valence-corrected chi connectivity index (χ0v) is 10.2. The number of aromatic hydroxyl groups is 1. The van der Waals surface area contributed by atoms with Crippen molar-refractivity contribution < 1.29 is 5.11 Å². The van der Waals surface area contributed by atoms with Crippen molar-refractivity contribution in [3.05, 3.63) is 23.3 Å². The van der Waals surface area contributed by atoms with E-state index in [1.165, 1.54) is 24.1 Å². The van der Waals surface area contributed by atoms with Crippen LogP contribution in [0.5, 0.6) is 5.75 Å². The minimum atomic E-state index is 0.409. The minimum absolute atomic E-state index is 0.409. The zero-order chi connectivity index (χ0) is 11.4. The van der Waals surface area contributed by atoms with Gasteiger partial charge in [0, 0.05) is 19.8 Å². The molecule has 0 aliphatic carbocycles. The molecule has 0 aromatic heterocycles. The van der Waals surface area contributed by atoms with Crippen LogP contribution in [0.4, 0.5) is 5.69 Å². The summed E-state index contributed by atoms with van der Waals surface area (Å²) in [6.07, 6.45) is 3.40. The van der Waals surface area contributed by atoms with Gasteiger partial charge in [-0.05, 0) is 43.0 Å². The monoisotopic (exact) mass is 207 g/mol. The van der Waals surface area contributed by atoms with Crippen LogP contribution in [0.15, 0.2) is 12.1 Å². The molecule has 0 bridgehead atoms. The Morgan fingerprint density at radius 3 is 2.47 bits per heavy atom. The largest absolute Gasteiger partial charge is 0.508 e. The van der Waals surface area contributed by atoms with E-state index in [0.717, 1.165) is 12.0 Å². The number of benzene rings is 1. The Hall–Kier alpha value is -1.18. The number of phenolic OH excluding ortho intramolecular Hbond substituents is 1. The molecule has 0 atom stereocenters. The van der Waals surface area contributed by atoms with Gasteiger partial charge in [-0.2, -0.15) is 0 Å². The van der Waals surface area contributed by atoms with Gasteiger partial charge >= 0.3 is 0 Å². The first-order chi connectivity index (χ1) is 7.07. The Balaban J connectivity index is 3.10. The molecule has 0 aliphatic heterocycles. The predicted octanol–water partition coefficient (Wildman–Crippen LogP) is 3.11. The van der Waals surface area contributed by atoms with E-state index in [9.17, 15) is 5.11 Å². The molecular formula is C13H21NO. The maximum Gasteiger partial charge on any atom is 0.118 e. The SMILES string of the molecule is CCCCc1c(N(C)C)ccc(O)c1C. The van der Waals surface area contributed by atoms with Gasteiger partial charge in [0.1, 0.15) is 5.75 Å². The molecular weight excluding hydrogens is 186 g/mol. The molecule has 0 spiro atoms. The highest BCUT2D eigenvalue weighted by Crippen LogP contribution is 2.30. The second-order valence-corrected chi connectivity index (χ2v) is 4.21. The quantitative estimate of drug-likeness (QED) is 0.820. The van der Waals surface area contributed by atoms with Crippen molar-refractivity contribution in [2.24, 2.45) is 0 Å².